The van der Waals surface area contributed by atoms with Gasteiger partial charge < -0.3 is 23.4 Å². The summed E-state index contributed by atoms with van der Waals surface area (Å²) in [4.78, 5) is 16.5. The fourth-order valence-corrected chi connectivity index (χ4v) is 2.97. The monoisotopic (exact) mass is 431 g/mol. The summed E-state index contributed by atoms with van der Waals surface area (Å²) in [7, 11) is 4.59. The number of methoxy groups -OCH3 is 3. The number of aryl methyl sites for hydroxylation is 1. The van der Waals surface area contributed by atoms with Crippen LogP contribution in [0.3, 0.4) is 0 Å². The molecule has 0 unspecified atom stereocenters. The van der Waals surface area contributed by atoms with E-state index in [1.165, 1.54) is 21.3 Å². The van der Waals surface area contributed by atoms with Gasteiger partial charge in [-0.05, 0) is 29.8 Å². The van der Waals surface area contributed by atoms with Gasteiger partial charge in [0, 0.05) is 17.0 Å². The lowest BCUT2D eigenvalue weighted by Crippen LogP contribution is -2.06. The van der Waals surface area contributed by atoms with Crippen LogP contribution in [0.1, 0.15) is 17.9 Å². The number of carbonyl (C=O) groups is 1. The van der Waals surface area contributed by atoms with Crippen LogP contribution < -0.4 is 14.2 Å². The van der Waals surface area contributed by atoms with Crippen LogP contribution in [0.15, 0.2) is 47.1 Å². The average molecular weight is 432 g/mol. The number of aromatic nitrogens is 1. The molecular weight excluding hydrogens is 410 g/mol. The smallest absolute Gasteiger partial charge is 0.306 e. The zero-order valence-corrected chi connectivity index (χ0v) is 17.7. The third kappa shape index (κ3) is 5.24. The second-order valence-corrected chi connectivity index (χ2v) is 6.76. The van der Waals surface area contributed by atoms with Gasteiger partial charge in [0.15, 0.2) is 17.4 Å². The van der Waals surface area contributed by atoms with Gasteiger partial charge in [-0.3, -0.25) is 4.79 Å². The molecule has 0 aliphatic heterocycles. The van der Waals surface area contributed by atoms with Crippen LogP contribution in [0.4, 0.5) is 0 Å². The Morgan fingerprint density at radius 1 is 1.03 bits per heavy atom. The van der Waals surface area contributed by atoms with Crippen LogP contribution >= 0.6 is 11.6 Å². The van der Waals surface area contributed by atoms with Gasteiger partial charge in [0.2, 0.25) is 5.75 Å². The SMILES string of the molecule is COc1cc(COC(=O)CCc2nc(-c3ccc(Cl)cc3)co2)cc(OC)c1OC. The Morgan fingerprint density at radius 2 is 1.70 bits per heavy atom. The molecule has 3 rings (SSSR count). The first-order valence-corrected chi connectivity index (χ1v) is 9.56. The molecule has 3 aromatic rings. The summed E-state index contributed by atoms with van der Waals surface area (Å²) >= 11 is 5.90. The van der Waals surface area contributed by atoms with E-state index < -0.39 is 0 Å². The Kier molecular flexibility index (Phi) is 7.19. The Bertz CT molecular complexity index is 974. The molecule has 158 valence electrons. The van der Waals surface area contributed by atoms with Gasteiger partial charge in [0.25, 0.3) is 0 Å². The molecule has 8 heteroatoms. The highest BCUT2D eigenvalue weighted by molar-refractivity contribution is 6.30. The van der Waals surface area contributed by atoms with Crippen LogP contribution in [0.2, 0.25) is 5.02 Å². The predicted octanol–water partition coefficient (Wildman–Crippen LogP) is 4.70. The minimum Gasteiger partial charge on any atom is -0.493 e. The molecule has 0 fully saturated rings. The number of hydrogen-bond acceptors (Lipinski definition) is 7. The van der Waals surface area contributed by atoms with Crippen molar-refractivity contribution in [1.82, 2.24) is 4.98 Å². The summed E-state index contributed by atoms with van der Waals surface area (Å²) in [5.74, 6) is 1.57. The first-order chi connectivity index (χ1) is 14.5. The summed E-state index contributed by atoms with van der Waals surface area (Å²) in [5, 5.41) is 0.650. The Hall–Kier alpha value is -3.19. The van der Waals surface area contributed by atoms with Gasteiger partial charge in [-0.25, -0.2) is 4.98 Å². The maximum absolute atomic E-state index is 12.1. The van der Waals surface area contributed by atoms with Gasteiger partial charge in [0.1, 0.15) is 18.6 Å². The van der Waals surface area contributed by atoms with Crippen molar-refractivity contribution in [1.29, 1.82) is 0 Å². The molecule has 0 amide bonds. The molecule has 30 heavy (non-hydrogen) atoms. The topological polar surface area (TPSA) is 80.0 Å². The van der Waals surface area contributed by atoms with Crippen molar-refractivity contribution in [2.24, 2.45) is 0 Å². The van der Waals surface area contributed by atoms with Crippen LogP contribution in [0.25, 0.3) is 11.3 Å². The molecule has 0 atom stereocenters. The summed E-state index contributed by atoms with van der Waals surface area (Å²) in [6, 6.07) is 10.8. The standard InChI is InChI=1S/C22H22ClNO6/c1-26-18-10-14(11-19(27-2)22(18)28-3)12-30-21(25)9-8-20-24-17(13-29-20)15-4-6-16(23)7-5-15/h4-7,10-11,13H,8-9,12H2,1-3H3. The van der Waals surface area contributed by atoms with E-state index in [0.29, 0.717) is 40.3 Å². The number of ether oxygens (including phenoxy) is 4. The highest BCUT2D eigenvalue weighted by Gasteiger charge is 2.15. The molecule has 1 aromatic heterocycles. The molecule has 0 saturated carbocycles. The maximum Gasteiger partial charge on any atom is 0.306 e. The molecule has 0 saturated heterocycles. The van der Waals surface area contributed by atoms with Crippen LogP contribution in [-0.4, -0.2) is 32.3 Å². The zero-order valence-electron chi connectivity index (χ0n) is 16.9. The van der Waals surface area contributed by atoms with E-state index in [-0.39, 0.29) is 19.0 Å². The summed E-state index contributed by atoms with van der Waals surface area (Å²) in [5.41, 5.74) is 2.30. The molecule has 0 radical (unpaired) electrons. The van der Waals surface area contributed by atoms with E-state index in [9.17, 15) is 4.79 Å². The van der Waals surface area contributed by atoms with Crippen molar-refractivity contribution in [2.75, 3.05) is 21.3 Å². The van der Waals surface area contributed by atoms with Crippen molar-refractivity contribution < 1.29 is 28.2 Å². The molecule has 1 heterocycles. The van der Waals surface area contributed by atoms with E-state index in [2.05, 4.69) is 4.98 Å². The van der Waals surface area contributed by atoms with Crippen LogP contribution in [-0.2, 0) is 22.6 Å². The second kappa shape index (κ2) is 10.0. The number of rotatable bonds is 9. The molecule has 0 spiro atoms. The van der Waals surface area contributed by atoms with Crippen molar-refractivity contribution in [3.05, 3.63) is 59.1 Å². The number of oxazole rings is 1. The normalized spacial score (nSPS) is 10.5. The van der Waals surface area contributed by atoms with Crippen molar-refractivity contribution in [2.45, 2.75) is 19.4 Å². The number of halogens is 1. The number of esters is 1. The third-order valence-electron chi connectivity index (χ3n) is 4.36. The van der Waals surface area contributed by atoms with Gasteiger partial charge in [-0.15, -0.1) is 0 Å². The fourth-order valence-electron chi connectivity index (χ4n) is 2.84. The number of carbonyl (C=O) groups excluding carboxylic acids is 1. The molecule has 0 bridgehead atoms. The van der Waals surface area contributed by atoms with E-state index in [1.807, 2.05) is 12.1 Å². The van der Waals surface area contributed by atoms with Gasteiger partial charge in [0.05, 0.1) is 27.8 Å². The highest BCUT2D eigenvalue weighted by atomic mass is 35.5. The molecule has 0 aliphatic carbocycles. The lowest BCUT2D eigenvalue weighted by Gasteiger charge is -2.14. The lowest BCUT2D eigenvalue weighted by molar-refractivity contribution is -0.145. The van der Waals surface area contributed by atoms with E-state index in [0.717, 1.165) is 11.1 Å². The Labute approximate surface area is 179 Å². The van der Waals surface area contributed by atoms with Crippen molar-refractivity contribution >= 4 is 17.6 Å². The van der Waals surface area contributed by atoms with Crippen LogP contribution in [0.5, 0.6) is 17.2 Å². The fraction of sp³-hybridized carbons (Fsp3) is 0.273. The van der Waals surface area contributed by atoms with Crippen LogP contribution in [0, 0.1) is 0 Å². The van der Waals surface area contributed by atoms with Gasteiger partial charge in [-0.1, -0.05) is 23.7 Å². The predicted molar refractivity (Wildman–Crippen MR) is 111 cm³/mol. The quantitative estimate of drug-likeness (QED) is 0.454. The molecular formula is C22H22ClNO6. The Balaban J connectivity index is 1.55. The average Bonchev–Trinajstić information content (AvgIpc) is 3.24. The summed E-state index contributed by atoms with van der Waals surface area (Å²) in [6.45, 7) is 0.0805. The number of nitrogens with zero attached hydrogens (tertiary/aromatic N) is 1. The third-order valence-corrected chi connectivity index (χ3v) is 4.61. The molecule has 2 aromatic carbocycles. The van der Waals surface area contributed by atoms with Gasteiger partial charge in [-0.2, -0.15) is 0 Å². The maximum atomic E-state index is 12.1. The summed E-state index contributed by atoms with van der Waals surface area (Å²) in [6.07, 6.45) is 2.03. The van der Waals surface area contributed by atoms with E-state index >= 15 is 0 Å². The summed E-state index contributed by atoms with van der Waals surface area (Å²) < 4.78 is 26.7. The minimum absolute atomic E-state index is 0.0805. The van der Waals surface area contributed by atoms with Gasteiger partial charge >= 0.3 is 5.97 Å². The highest BCUT2D eigenvalue weighted by Crippen LogP contribution is 2.38. The van der Waals surface area contributed by atoms with E-state index in [4.69, 9.17) is 35.0 Å². The van der Waals surface area contributed by atoms with E-state index in [1.54, 1.807) is 30.5 Å². The molecule has 0 aliphatic rings. The number of hydrogen-bond donors (Lipinski definition) is 0. The first kappa shape index (κ1) is 21.5. The molecule has 0 N–H and O–H groups in total. The molecule has 7 nitrogen and oxygen atoms in total. The lowest BCUT2D eigenvalue weighted by atomic mass is 10.2. The zero-order chi connectivity index (χ0) is 21.5. The minimum atomic E-state index is -0.366. The van der Waals surface area contributed by atoms with Crippen molar-refractivity contribution in [3.63, 3.8) is 0 Å². The largest absolute Gasteiger partial charge is 0.493 e. The second-order valence-electron chi connectivity index (χ2n) is 6.33. The first-order valence-electron chi connectivity index (χ1n) is 9.19. The Morgan fingerprint density at radius 3 is 2.30 bits per heavy atom. The van der Waals surface area contributed by atoms with Crippen molar-refractivity contribution in [3.8, 4) is 28.5 Å². The number of benzene rings is 2.